The number of piperidine rings is 1. The van der Waals surface area contributed by atoms with Crippen LogP contribution in [0.5, 0.6) is 0 Å². The first-order valence-corrected chi connectivity index (χ1v) is 12.4. The van der Waals surface area contributed by atoms with Gasteiger partial charge in [0.25, 0.3) is 0 Å². The fourth-order valence-corrected chi connectivity index (χ4v) is 4.55. The van der Waals surface area contributed by atoms with Crippen LogP contribution < -0.4 is 10.6 Å². The monoisotopic (exact) mass is 509 g/mol. The van der Waals surface area contributed by atoms with E-state index in [0.29, 0.717) is 43.7 Å². The molecule has 2 N–H and O–H groups in total. The van der Waals surface area contributed by atoms with Crippen LogP contribution in [0.1, 0.15) is 43.0 Å². The van der Waals surface area contributed by atoms with Crippen molar-refractivity contribution in [3.05, 3.63) is 29.7 Å². The van der Waals surface area contributed by atoms with Crippen molar-refractivity contribution in [3.63, 3.8) is 0 Å². The molecule has 0 radical (unpaired) electrons. The van der Waals surface area contributed by atoms with Gasteiger partial charge in [0.2, 0.25) is 5.91 Å². The van der Waals surface area contributed by atoms with Crippen LogP contribution in [0.3, 0.4) is 0 Å². The number of aromatic nitrogens is 3. The first-order valence-electron chi connectivity index (χ1n) is 12.4. The summed E-state index contributed by atoms with van der Waals surface area (Å²) in [5, 5.41) is 10.7. The van der Waals surface area contributed by atoms with Gasteiger partial charge in [0, 0.05) is 44.7 Å². The number of ether oxygens (including phenoxy) is 1. The molecule has 0 unspecified atom stereocenters. The Hall–Kier alpha value is -2.86. The van der Waals surface area contributed by atoms with Gasteiger partial charge in [-0.2, -0.15) is 18.3 Å². The molecule has 0 spiro atoms. The average molecular weight is 510 g/mol. The quantitative estimate of drug-likeness (QED) is 0.525. The molecule has 36 heavy (non-hydrogen) atoms. The summed E-state index contributed by atoms with van der Waals surface area (Å²) in [5.41, 5.74) is 0.599. The summed E-state index contributed by atoms with van der Waals surface area (Å²) in [6.07, 6.45) is 1.47. The van der Waals surface area contributed by atoms with Crippen LogP contribution in [0, 0.1) is 6.92 Å². The zero-order chi connectivity index (χ0) is 25.7. The smallest absolute Gasteiger partial charge is 0.384 e. The third-order valence-electron chi connectivity index (χ3n) is 6.67. The Labute approximate surface area is 209 Å². The van der Waals surface area contributed by atoms with Crippen molar-refractivity contribution in [2.45, 2.75) is 44.8 Å². The number of carbonyl (C=O) groups is 1. The number of hydrogen-bond acceptors (Lipinski definition) is 7. The minimum absolute atomic E-state index is 0.0501. The van der Waals surface area contributed by atoms with Crippen molar-refractivity contribution in [1.29, 1.82) is 0 Å². The number of carbonyl (C=O) groups excluding carboxylic acids is 1. The highest BCUT2D eigenvalue weighted by Crippen LogP contribution is 2.36. The lowest BCUT2D eigenvalue weighted by atomic mass is 10.1. The van der Waals surface area contributed by atoms with E-state index in [1.807, 2.05) is 17.8 Å². The number of aryl methyl sites for hydroxylation is 1. The second-order valence-corrected chi connectivity index (χ2v) is 9.45. The standard InChI is InChI=1S/C24H34F3N7O2/c1-17-21(15-34(31-17)18-5-10-32(2)11-6-18)30-22-13-20(19(14-29-22)24(25,26)27)28-7-3-8-33-9-4-12-36-16-23(33)35/h13-15,18H,3-12,16H2,1-2H3,(H2,28,29,30). The van der Waals surface area contributed by atoms with Gasteiger partial charge in [-0.25, -0.2) is 4.98 Å². The van der Waals surface area contributed by atoms with E-state index in [1.165, 1.54) is 6.07 Å². The van der Waals surface area contributed by atoms with E-state index < -0.39 is 11.7 Å². The van der Waals surface area contributed by atoms with Gasteiger partial charge in [-0.3, -0.25) is 9.48 Å². The number of likely N-dealkylation sites (tertiary alicyclic amines) is 1. The summed E-state index contributed by atoms with van der Waals surface area (Å²) < 4.78 is 48.0. The van der Waals surface area contributed by atoms with Crippen molar-refractivity contribution in [2.24, 2.45) is 0 Å². The van der Waals surface area contributed by atoms with E-state index in [-0.39, 0.29) is 24.7 Å². The predicted octanol–water partition coefficient (Wildman–Crippen LogP) is 3.67. The largest absolute Gasteiger partial charge is 0.419 e. The van der Waals surface area contributed by atoms with Crippen molar-refractivity contribution in [1.82, 2.24) is 24.6 Å². The Kier molecular flexibility index (Phi) is 8.35. The SMILES string of the molecule is Cc1nn(C2CCN(C)CC2)cc1Nc1cc(NCCCN2CCCOCC2=O)c(C(F)(F)F)cn1. The molecule has 2 aliphatic rings. The third-order valence-corrected chi connectivity index (χ3v) is 6.67. The maximum absolute atomic E-state index is 13.6. The molecule has 0 saturated carbocycles. The Morgan fingerprint density at radius 2 is 1.97 bits per heavy atom. The molecule has 2 saturated heterocycles. The molecule has 4 rings (SSSR count). The number of halogens is 3. The van der Waals surface area contributed by atoms with Crippen LogP contribution >= 0.6 is 0 Å². The van der Waals surface area contributed by atoms with E-state index in [0.717, 1.165) is 44.2 Å². The second-order valence-electron chi connectivity index (χ2n) is 9.45. The summed E-state index contributed by atoms with van der Waals surface area (Å²) in [6, 6.07) is 1.68. The Morgan fingerprint density at radius 3 is 2.72 bits per heavy atom. The van der Waals surface area contributed by atoms with Crippen LogP contribution in [-0.2, 0) is 15.7 Å². The van der Waals surface area contributed by atoms with Gasteiger partial charge in [-0.05, 0) is 52.7 Å². The normalized spacial score (nSPS) is 18.4. The van der Waals surface area contributed by atoms with Crippen LogP contribution in [0.4, 0.5) is 30.4 Å². The number of nitrogens with zero attached hydrogens (tertiary/aromatic N) is 5. The minimum atomic E-state index is -4.54. The molecule has 0 aromatic carbocycles. The lowest BCUT2D eigenvalue weighted by molar-refractivity contribution is -0.137. The van der Waals surface area contributed by atoms with Crippen LogP contribution in [-0.4, -0.2) is 83.5 Å². The van der Waals surface area contributed by atoms with Crippen molar-refractivity contribution in [2.75, 3.05) is 63.6 Å². The number of anilines is 3. The molecular weight excluding hydrogens is 475 g/mol. The molecule has 2 aromatic rings. The van der Waals surface area contributed by atoms with E-state index in [4.69, 9.17) is 4.74 Å². The van der Waals surface area contributed by atoms with E-state index in [1.54, 1.807) is 4.90 Å². The first-order chi connectivity index (χ1) is 17.2. The predicted molar refractivity (Wildman–Crippen MR) is 130 cm³/mol. The number of nitrogens with one attached hydrogen (secondary N) is 2. The number of hydrogen-bond donors (Lipinski definition) is 2. The summed E-state index contributed by atoms with van der Waals surface area (Å²) in [5.74, 6) is 0.214. The van der Waals surface area contributed by atoms with Crippen molar-refractivity contribution >= 4 is 23.1 Å². The number of pyridine rings is 1. The molecular formula is C24H34F3N7O2. The van der Waals surface area contributed by atoms with Gasteiger partial charge in [0.15, 0.2) is 0 Å². The molecule has 2 fully saturated rings. The lowest BCUT2D eigenvalue weighted by Gasteiger charge is -2.28. The zero-order valence-corrected chi connectivity index (χ0v) is 20.8. The maximum Gasteiger partial charge on any atom is 0.419 e. The average Bonchev–Trinajstić information content (AvgIpc) is 3.06. The van der Waals surface area contributed by atoms with Gasteiger partial charge in [-0.1, -0.05) is 0 Å². The van der Waals surface area contributed by atoms with Crippen molar-refractivity contribution in [3.8, 4) is 0 Å². The first kappa shape index (κ1) is 26.2. The van der Waals surface area contributed by atoms with Gasteiger partial charge in [0.1, 0.15) is 12.4 Å². The summed E-state index contributed by atoms with van der Waals surface area (Å²) in [4.78, 5) is 20.0. The molecule has 0 aliphatic carbocycles. The Morgan fingerprint density at radius 1 is 1.19 bits per heavy atom. The van der Waals surface area contributed by atoms with E-state index in [2.05, 4.69) is 32.7 Å². The second kappa shape index (κ2) is 11.5. The highest BCUT2D eigenvalue weighted by molar-refractivity contribution is 5.77. The van der Waals surface area contributed by atoms with Gasteiger partial charge < -0.3 is 25.2 Å². The topological polar surface area (TPSA) is 87.5 Å². The van der Waals surface area contributed by atoms with Crippen LogP contribution in [0.2, 0.25) is 0 Å². The third kappa shape index (κ3) is 6.67. The van der Waals surface area contributed by atoms with E-state index >= 15 is 0 Å². The maximum atomic E-state index is 13.6. The highest BCUT2D eigenvalue weighted by atomic mass is 19.4. The molecule has 1 amide bonds. The van der Waals surface area contributed by atoms with Gasteiger partial charge in [-0.15, -0.1) is 0 Å². The fraction of sp³-hybridized carbons (Fsp3) is 0.625. The molecule has 198 valence electrons. The van der Waals surface area contributed by atoms with Gasteiger partial charge in [0.05, 0.1) is 28.7 Å². The minimum Gasteiger partial charge on any atom is -0.384 e. The zero-order valence-electron chi connectivity index (χ0n) is 20.8. The van der Waals surface area contributed by atoms with Crippen molar-refractivity contribution < 1.29 is 22.7 Å². The van der Waals surface area contributed by atoms with Gasteiger partial charge >= 0.3 is 6.18 Å². The fourth-order valence-electron chi connectivity index (χ4n) is 4.55. The molecule has 0 bridgehead atoms. The molecule has 0 atom stereocenters. The molecule has 12 heteroatoms. The Balaban J connectivity index is 1.41. The summed E-state index contributed by atoms with van der Waals surface area (Å²) >= 11 is 0. The Bertz CT molecular complexity index is 1040. The molecule has 2 aromatic heterocycles. The van der Waals surface area contributed by atoms with E-state index in [9.17, 15) is 18.0 Å². The molecule has 9 nitrogen and oxygen atoms in total. The van der Waals surface area contributed by atoms with Crippen LogP contribution in [0.25, 0.3) is 0 Å². The number of amides is 1. The number of alkyl halides is 3. The highest BCUT2D eigenvalue weighted by Gasteiger charge is 2.34. The molecule has 2 aliphatic heterocycles. The summed E-state index contributed by atoms with van der Waals surface area (Å²) in [6.45, 7) is 5.81. The lowest BCUT2D eigenvalue weighted by Crippen LogP contribution is -2.34. The molecule has 4 heterocycles. The van der Waals surface area contributed by atoms with Crippen LogP contribution in [0.15, 0.2) is 18.5 Å². The summed E-state index contributed by atoms with van der Waals surface area (Å²) in [7, 11) is 2.10. The number of rotatable bonds is 8.